The Hall–Kier alpha value is -3.41. The van der Waals surface area contributed by atoms with Gasteiger partial charge in [-0.2, -0.15) is 0 Å². The van der Waals surface area contributed by atoms with Gasteiger partial charge in [-0.3, -0.25) is 9.69 Å². The van der Waals surface area contributed by atoms with Gasteiger partial charge in [0.1, 0.15) is 5.75 Å². The molecule has 3 saturated heterocycles. The summed E-state index contributed by atoms with van der Waals surface area (Å²) in [4.78, 5) is 15.0. The van der Waals surface area contributed by atoms with Gasteiger partial charge in [-0.05, 0) is 61.2 Å². The zero-order valence-electron chi connectivity index (χ0n) is 21.6. The predicted molar refractivity (Wildman–Crippen MR) is 149 cm³/mol. The topological polar surface area (TPSA) is 46.5 Å². The summed E-state index contributed by atoms with van der Waals surface area (Å²) < 4.78 is 7.52. The van der Waals surface area contributed by atoms with Crippen LogP contribution in [-0.4, -0.2) is 41.8 Å². The van der Waals surface area contributed by atoms with Crippen molar-refractivity contribution in [3.8, 4) is 5.75 Å². The zero-order chi connectivity index (χ0) is 25.4. The Morgan fingerprint density at radius 2 is 1.57 bits per heavy atom. The lowest BCUT2D eigenvalue weighted by Crippen LogP contribution is -2.64. The van der Waals surface area contributed by atoms with Crippen LogP contribution in [-0.2, 0) is 13.6 Å². The van der Waals surface area contributed by atoms with E-state index in [2.05, 4.69) is 83.0 Å². The number of aryl methyl sites for hydroxylation is 1. The number of ether oxygens (including phenoxy) is 1. The first-order valence-electron chi connectivity index (χ1n) is 13.4. The van der Waals surface area contributed by atoms with Gasteiger partial charge in [-0.15, -0.1) is 0 Å². The first-order valence-corrected chi connectivity index (χ1v) is 13.4. The number of hydrogen-bond donors (Lipinski definition) is 1. The summed E-state index contributed by atoms with van der Waals surface area (Å²) in [6.07, 6.45) is 2.46. The minimum absolute atomic E-state index is 0.00240. The van der Waals surface area contributed by atoms with Crippen LogP contribution < -0.4 is 15.6 Å². The van der Waals surface area contributed by atoms with Crippen LogP contribution in [0.15, 0.2) is 89.7 Å². The summed E-state index contributed by atoms with van der Waals surface area (Å²) in [5.41, 5.74) is 4.76. The molecule has 0 saturated carbocycles. The van der Waals surface area contributed by atoms with Gasteiger partial charge in [-0.25, -0.2) is 0 Å². The second-order valence-corrected chi connectivity index (χ2v) is 10.5. The van der Waals surface area contributed by atoms with Gasteiger partial charge in [0, 0.05) is 48.6 Å². The second kappa shape index (κ2) is 10.2. The Kier molecular flexibility index (Phi) is 6.58. The zero-order valence-corrected chi connectivity index (χ0v) is 21.6. The number of hydrogen-bond acceptors (Lipinski definition) is 4. The summed E-state index contributed by atoms with van der Waals surface area (Å²) in [6.45, 7) is 3.01. The Morgan fingerprint density at radius 3 is 2.19 bits per heavy atom. The van der Waals surface area contributed by atoms with Crippen molar-refractivity contribution in [3.63, 3.8) is 0 Å². The minimum atomic E-state index is 0.00240. The predicted octanol–water partition coefficient (Wildman–Crippen LogP) is 4.93. The van der Waals surface area contributed by atoms with Gasteiger partial charge in [0.2, 0.25) is 0 Å². The molecule has 0 amide bonds. The molecule has 3 fully saturated rings. The van der Waals surface area contributed by atoms with Crippen LogP contribution in [0.5, 0.6) is 5.75 Å². The molecule has 3 aliphatic heterocycles. The third-order valence-corrected chi connectivity index (χ3v) is 8.59. The van der Waals surface area contributed by atoms with Crippen LogP contribution in [0.1, 0.15) is 35.4 Å². The van der Waals surface area contributed by atoms with E-state index in [1.807, 2.05) is 13.1 Å². The molecule has 0 aliphatic carbocycles. The number of nitrogens with one attached hydrogen (secondary N) is 1. The quantitative estimate of drug-likeness (QED) is 0.397. The van der Waals surface area contributed by atoms with Crippen molar-refractivity contribution in [1.82, 2.24) is 14.8 Å². The van der Waals surface area contributed by atoms with Crippen molar-refractivity contribution in [2.45, 2.75) is 37.4 Å². The normalized spacial score (nSPS) is 23.0. The standard InChI is InChI=1S/C32H35N3O2/c1-34-27-19-26(28(37-2)20-25(27)13-14-29(34)36)21-33-31-24-15-17-35(18-16-24)32(31)30(22-9-5-3-6-10-22)23-11-7-4-8-12-23/h3-14,19-20,24,30-33H,15-18,21H2,1-2H3/t31-,32-/m0/s1. The van der Waals surface area contributed by atoms with E-state index < -0.39 is 0 Å². The molecule has 7 rings (SSSR count). The molecule has 4 heterocycles. The molecule has 37 heavy (non-hydrogen) atoms. The first kappa shape index (κ1) is 24.0. The largest absolute Gasteiger partial charge is 0.496 e. The monoisotopic (exact) mass is 493 g/mol. The lowest BCUT2D eigenvalue weighted by molar-refractivity contribution is 0.00462. The molecule has 3 aromatic carbocycles. The van der Waals surface area contributed by atoms with Crippen molar-refractivity contribution >= 4 is 10.9 Å². The van der Waals surface area contributed by atoms with Gasteiger partial charge >= 0.3 is 0 Å². The van der Waals surface area contributed by atoms with E-state index in [-0.39, 0.29) is 5.56 Å². The molecule has 1 N–H and O–H groups in total. The SMILES string of the molecule is COc1cc2ccc(=O)n(C)c2cc1CN[C@H]1C2CCN(CC2)[C@H]1C(c1ccccc1)c1ccccc1. The molecule has 5 heteroatoms. The van der Waals surface area contributed by atoms with E-state index in [9.17, 15) is 4.79 Å². The fourth-order valence-electron chi connectivity index (χ4n) is 6.69. The maximum Gasteiger partial charge on any atom is 0.250 e. The van der Waals surface area contributed by atoms with Gasteiger partial charge in [-0.1, -0.05) is 60.7 Å². The Morgan fingerprint density at radius 1 is 0.919 bits per heavy atom. The number of benzene rings is 3. The van der Waals surface area contributed by atoms with Crippen molar-refractivity contribution in [1.29, 1.82) is 0 Å². The smallest absolute Gasteiger partial charge is 0.250 e. The number of fused-ring (bicyclic) bond motifs is 4. The number of nitrogens with zero attached hydrogens (tertiary/aromatic N) is 2. The van der Waals surface area contributed by atoms with E-state index in [1.54, 1.807) is 17.7 Å². The molecular weight excluding hydrogens is 458 g/mol. The average Bonchev–Trinajstić information content (AvgIpc) is 2.96. The van der Waals surface area contributed by atoms with Crippen LogP contribution in [0.25, 0.3) is 10.9 Å². The molecule has 0 radical (unpaired) electrons. The summed E-state index contributed by atoms with van der Waals surface area (Å²) in [7, 11) is 3.56. The molecule has 2 bridgehead atoms. The van der Waals surface area contributed by atoms with Crippen molar-refractivity contribution in [3.05, 3.63) is 112 Å². The van der Waals surface area contributed by atoms with Crippen molar-refractivity contribution in [2.75, 3.05) is 20.2 Å². The third kappa shape index (κ3) is 4.47. The Bertz CT molecular complexity index is 1390. The number of aromatic nitrogens is 1. The van der Waals surface area contributed by atoms with Crippen LogP contribution >= 0.6 is 0 Å². The molecule has 2 atom stereocenters. The second-order valence-electron chi connectivity index (χ2n) is 10.5. The van der Waals surface area contributed by atoms with Crippen molar-refractivity contribution < 1.29 is 4.74 Å². The molecule has 5 nitrogen and oxygen atoms in total. The van der Waals surface area contributed by atoms with Gasteiger partial charge in [0.05, 0.1) is 12.6 Å². The summed E-state index contributed by atoms with van der Waals surface area (Å²) in [6, 6.07) is 30.4. The van der Waals surface area contributed by atoms with E-state index in [0.29, 0.717) is 30.5 Å². The molecule has 3 aliphatic rings. The van der Waals surface area contributed by atoms with E-state index in [4.69, 9.17) is 4.74 Å². The summed E-state index contributed by atoms with van der Waals surface area (Å²) >= 11 is 0. The highest BCUT2D eigenvalue weighted by Crippen LogP contribution is 2.42. The number of rotatable bonds is 7. The van der Waals surface area contributed by atoms with Gasteiger partial charge in [0.15, 0.2) is 0 Å². The fourth-order valence-corrected chi connectivity index (χ4v) is 6.69. The lowest BCUT2D eigenvalue weighted by atomic mass is 9.70. The summed E-state index contributed by atoms with van der Waals surface area (Å²) in [5.74, 6) is 1.79. The van der Waals surface area contributed by atoms with E-state index in [0.717, 1.165) is 35.3 Å². The Labute approximate surface area is 218 Å². The van der Waals surface area contributed by atoms with Crippen LogP contribution in [0.2, 0.25) is 0 Å². The maximum absolute atomic E-state index is 12.3. The van der Waals surface area contributed by atoms with Crippen LogP contribution in [0.3, 0.4) is 0 Å². The summed E-state index contributed by atoms with van der Waals surface area (Å²) in [5, 5.41) is 5.01. The highest BCUT2D eigenvalue weighted by molar-refractivity contribution is 5.81. The average molecular weight is 494 g/mol. The highest BCUT2D eigenvalue weighted by atomic mass is 16.5. The molecular formula is C32H35N3O2. The molecule has 190 valence electrons. The molecule has 4 aromatic rings. The van der Waals surface area contributed by atoms with E-state index >= 15 is 0 Å². The van der Waals surface area contributed by atoms with Crippen molar-refractivity contribution in [2.24, 2.45) is 13.0 Å². The molecule has 0 spiro atoms. The molecule has 1 aromatic heterocycles. The van der Waals surface area contributed by atoms with Crippen LogP contribution in [0, 0.1) is 5.92 Å². The minimum Gasteiger partial charge on any atom is -0.496 e. The van der Waals surface area contributed by atoms with Crippen LogP contribution in [0.4, 0.5) is 0 Å². The number of methoxy groups -OCH3 is 1. The lowest BCUT2D eigenvalue weighted by Gasteiger charge is -2.54. The van der Waals surface area contributed by atoms with Gasteiger partial charge < -0.3 is 14.6 Å². The van der Waals surface area contributed by atoms with E-state index in [1.165, 1.54) is 24.0 Å². The highest BCUT2D eigenvalue weighted by Gasteiger charge is 2.46. The first-order chi connectivity index (χ1) is 18.1. The number of pyridine rings is 1. The number of piperidine rings is 3. The fraction of sp³-hybridized carbons (Fsp3) is 0.344. The molecule has 0 unspecified atom stereocenters. The third-order valence-electron chi connectivity index (χ3n) is 8.59. The maximum atomic E-state index is 12.3. The Balaban J connectivity index is 1.37. The van der Waals surface area contributed by atoms with Gasteiger partial charge in [0.25, 0.3) is 5.56 Å².